The molecule has 0 spiro atoms. The van der Waals surface area contributed by atoms with E-state index in [4.69, 9.17) is 5.11 Å². The maximum atomic E-state index is 11.3. The molecule has 0 atom stereocenters. The highest BCUT2D eigenvalue weighted by Crippen LogP contribution is 2.50. The lowest BCUT2D eigenvalue weighted by molar-refractivity contribution is 0.235. The van der Waals surface area contributed by atoms with Crippen molar-refractivity contribution in [3.8, 4) is 0 Å². The van der Waals surface area contributed by atoms with E-state index in [9.17, 15) is 4.79 Å². The van der Waals surface area contributed by atoms with Crippen molar-refractivity contribution < 1.29 is 5.11 Å². The zero-order valence-electron chi connectivity index (χ0n) is 9.99. The number of nitrogens with zero attached hydrogens (tertiary/aromatic N) is 1. The number of hydrogen-bond acceptors (Lipinski definition) is 2. The van der Waals surface area contributed by atoms with E-state index in [-0.39, 0.29) is 12.0 Å². The van der Waals surface area contributed by atoms with E-state index in [0.717, 1.165) is 24.4 Å². The van der Waals surface area contributed by atoms with Crippen LogP contribution in [-0.4, -0.2) is 16.3 Å². The Bertz CT molecular complexity index is 417. The van der Waals surface area contributed by atoms with Gasteiger partial charge in [0.1, 0.15) is 0 Å². The van der Waals surface area contributed by atoms with Crippen molar-refractivity contribution in [2.24, 2.45) is 5.41 Å². The minimum Gasteiger partial charge on any atom is -0.396 e. The second-order valence-corrected chi connectivity index (χ2v) is 5.03. The zero-order valence-corrected chi connectivity index (χ0v) is 9.99. The van der Waals surface area contributed by atoms with Crippen molar-refractivity contribution in [2.75, 3.05) is 6.61 Å². The maximum Gasteiger partial charge on any atom is 0.182 e. The van der Waals surface area contributed by atoms with Gasteiger partial charge in [-0.2, -0.15) is 0 Å². The number of aliphatic hydroxyl groups excluding tert-OH is 1. The Balaban J connectivity index is 2.25. The fourth-order valence-electron chi connectivity index (χ4n) is 2.37. The van der Waals surface area contributed by atoms with Gasteiger partial charge < -0.3 is 9.67 Å². The molecule has 3 heteroatoms. The zero-order chi connectivity index (χ0) is 11.8. The molecule has 1 fully saturated rings. The van der Waals surface area contributed by atoms with Crippen LogP contribution in [0.5, 0.6) is 0 Å². The normalized spacial score (nSPS) is 17.4. The number of hydrogen-bond donors (Lipinski definition) is 1. The van der Waals surface area contributed by atoms with E-state index in [1.807, 2.05) is 13.8 Å². The molecule has 3 nitrogen and oxygen atoms in total. The van der Waals surface area contributed by atoms with Crippen LogP contribution >= 0.6 is 0 Å². The van der Waals surface area contributed by atoms with Gasteiger partial charge in [-0.1, -0.05) is 0 Å². The highest BCUT2D eigenvalue weighted by atomic mass is 16.3. The van der Waals surface area contributed by atoms with E-state index in [1.54, 1.807) is 12.1 Å². The molecule has 0 radical (unpaired) electrons. The van der Waals surface area contributed by atoms with Crippen molar-refractivity contribution in [2.45, 2.75) is 39.7 Å². The third kappa shape index (κ3) is 2.19. The standard InChI is InChI=1S/C13H19NO2/c1-10-7-12(16)8-11(2)14(10)9-13(3-4-13)5-6-15/h7-8,15H,3-6,9H2,1-2H3. The van der Waals surface area contributed by atoms with Crippen LogP contribution in [0.1, 0.15) is 30.7 Å². The Kier molecular flexibility index (Phi) is 2.89. The summed E-state index contributed by atoms with van der Waals surface area (Å²) in [4.78, 5) is 11.3. The molecule has 1 aliphatic carbocycles. The first-order chi connectivity index (χ1) is 7.56. The second-order valence-electron chi connectivity index (χ2n) is 5.03. The fraction of sp³-hybridized carbons (Fsp3) is 0.615. The molecule has 0 aliphatic heterocycles. The Morgan fingerprint density at radius 1 is 1.31 bits per heavy atom. The number of aliphatic hydroxyl groups is 1. The summed E-state index contributed by atoms with van der Waals surface area (Å²) < 4.78 is 2.20. The third-order valence-electron chi connectivity index (χ3n) is 3.65. The van der Waals surface area contributed by atoms with Crippen molar-refractivity contribution in [3.63, 3.8) is 0 Å². The van der Waals surface area contributed by atoms with Gasteiger partial charge in [-0.3, -0.25) is 4.79 Å². The van der Waals surface area contributed by atoms with Crippen LogP contribution in [0, 0.1) is 19.3 Å². The molecule has 2 rings (SSSR count). The van der Waals surface area contributed by atoms with E-state index in [2.05, 4.69) is 4.57 Å². The maximum absolute atomic E-state index is 11.3. The quantitative estimate of drug-likeness (QED) is 0.839. The Morgan fingerprint density at radius 3 is 2.31 bits per heavy atom. The van der Waals surface area contributed by atoms with Crippen molar-refractivity contribution in [3.05, 3.63) is 33.7 Å². The first-order valence-corrected chi connectivity index (χ1v) is 5.85. The summed E-state index contributed by atoms with van der Waals surface area (Å²) in [5.41, 5.74) is 2.42. The Hall–Kier alpha value is -1.09. The van der Waals surface area contributed by atoms with Gasteiger partial charge >= 0.3 is 0 Å². The summed E-state index contributed by atoms with van der Waals surface area (Å²) in [5.74, 6) is 0. The Morgan fingerprint density at radius 2 is 1.88 bits per heavy atom. The minimum atomic E-state index is 0.0817. The van der Waals surface area contributed by atoms with Crippen LogP contribution in [-0.2, 0) is 6.54 Å². The first-order valence-electron chi connectivity index (χ1n) is 5.85. The second kappa shape index (κ2) is 4.06. The molecule has 88 valence electrons. The molecule has 1 aromatic rings. The third-order valence-corrected chi connectivity index (χ3v) is 3.65. The van der Waals surface area contributed by atoms with Crippen molar-refractivity contribution in [1.29, 1.82) is 0 Å². The van der Waals surface area contributed by atoms with Crippen LogP contribution in [0.2, 0.25) is 0 Å². The first kappa shape index (κ1) is 11.4. The largest absolute Gasteiger partial charge is 0.396 e. The van der Waals surface area contributed by atoms with E-state index in [1.165, 1.54) is 12.8 Å². The molecule has 16 heavy (non-hydrogen) atoms. The van der Waals surface area contributed by atoms with Crippen LogP contribution < -0.4 is 5.43 Å². The van der Waals surface area contributed by atoms with Gasteiger partial charge in [0.05, 0.1) is 0 Å². The van der Waals surface area contributed by atoms with Crippen molar-refractivity contribution in [1.82, 2.24) is 4.57 Å². The topological polar surface area (TPSA) is 42.2 Å². The lowest BCUT2D eigenvalue weighted by Gasteiger charge is -2.20. The van der Waals surface area contributed by atoms with Gasteiger partial charge in [-0.05, 0) is 38.5 Å². The molecule has 1 heterocycles. The number of rotatable bonds is 4. The molecule has 0 saturated heterocycles. The molecule has 0 amide bonds. The molecule has 1 aromatic heterocycles. The molecule has 1 N–H and O–H groups in total. The SMILES string of the molecule is Cc1cc(=O)cc(C)n1CC1(CCO)CC1. The van der Waals surface area contributed by atoms with E-state index < -0.39 is 0 Å². The van der Waals surface area contributed by atoms with E-state index in [0.29, 0.717) is 5.41 Å². The van der Waals surface area contributed by atoms with Gasteiger partial charge in [0.2, 0.25) is 0 Å². The highest BCUT2D eigenvalue weighted by molar-refractivity contribution is 5.13. The molecule has 0 bridgehead atoms. The summed E-state index contributed by atoms with van der Waals surface area (Å²) >= 11 is 0. The van der Waals surface area contributed by atoms with Crippen molar-refractivity contribution >= 4 is 0 Å². The average molecular weight is 221 g/mol. The van der Waals surface area contributed by atoms with Gasteiger partial charge in [-0.15, -0.1) is 0 Å². The van der Waals surface area contributed by atoms with Gasteiger partial charge in [0.25, 0.3) is 0 Å². The number of pyridine rings is 1. The van der Waals surface area contributed by atoms with E-state index >= 15 is 0 Å². The summed E-state index contributed by atoms with van der Waals surface area (Å²) in [5, 5.41) is 9.04. The average Bonchev–Trinajstić information content (AvgIpc) is 2.93. The van der Waals surface area contributed by atoms with Crippen LogP contribution in [0.15, 0.2) is 16.9 Å². The number of aromatic nitrogens is 1. The summed E-state index contributed by atoms with van der Waals surface area (Å²) in [6, 6.07) is 3.37. The molecular formula is C13H19NO2. The minimum absolute atomic E-state index is 0.0817. The molecule has 1 aliphatic rings. The van der Waals surface area contributed by atoms with Gasteiger partial charge in [0, 0.05) is 36.7 Å². The van der Waals surface area contributed by atoms with Crippen LogP contribution in [0.25, 0.3) is 0 Å². The van der Waals surface area contributed by atoms with Gasteiger partial charge in [0.15, 0.2) is 5.43 Å². The summed E-state index contributed by atoms with van der Waals surface area (Å²) in [6.07, 6.45) is 3.26. The lowest BCUT2D eigenvalue weighted by atomic mass is 10.0. The smallest absolute Gasteiger partial charge is 0.182 e. The predicted octanol–water partition coefficient (Wildman–Crippen LogP) is 1.63. The van der Waals surface area contributed by atoms with Crippen LogP contribution in [0.3, 0.4) is 0 Å². The highest BCUT2D eigenvalue weighted by Gasteiger charge is 2.42. The van der Waals surface area contributed by atoms with Crippen LogP contribution in [0.4, 0.5) is 0 Å². The molecule has 0 aromatic carbocycles. The molecule has 1 saturated carbocycles. The monoisotopic (exact) mass is 221 g/mol. The number of aryl methyl sites for hydroxylation is 2. The van der Waals surface area contributed by atoms with Gasteiger partial charge in [-0.25, -0.2) is 0 Å². The lowest BCUT2D eigenvalue weighted by Crippen LogP contribution is -2.19. The summed E-state index contributed by atoms with van der Waals surface area (Å²) in [7, 11) is 0. The summed E-state index contributed by atoms with van der Waals surface area (Å²) in [6.45, 7) is 5.15. The molecule has 0 unspecified atom stereocenters. The fourth-order valence-corrected chi connectivity index (χ4v) is 2.37. The molecular weight excluding hydrogens is 202 g/mol. The predicted molar refractivity (Wildman–Crippen MR) is 63.5 cm³/mol. The Labute approximate surface area is 95.7 Å².